The molecule has 0 saturated carbocycles. The molecule has 1 N–H and O–H groups in total. The van der Waals surface area contributed by atoms with Crippen LogP contribution in [0.3, 0.4) is 0 Å². The summed E-state index contributed by atoms with van der Waals surface area (Å²) < 4.78 is 0. The van der Waals surface area contributed by atoms with Crippen molar-refractivity contribution in [1.82, 2.24) is 19.8 Å². The molecule has 0 radical (unpaired) electrons. The summed E-state index contributed by atoms with van der Waals surface area (Å²) in [7, 11) is 1.71. The molecule has 1 aliphatic rings. The van der Waals surface area contributed by atoms with Crippen LogP contribution in [0.1, 0.15) is 32.0 Å². The zero-order valence-corrected chi connectivity index (χ0v) is 15.2. The summed E-state index contributed by atoms with van der Waals surface area (Å²) in [5.41, 5.74) is 0.410. The predicted molar refractivity (Wildman–Crippen MR) is 98.4 cm³/mol. The van der Waals surface area contributed by atoms with E-state index in [-0.39, 0.29) is 29.8 Å². The lowest BCUT2D eigenvalue weighted by molar-refractivity contribution is -0.140. The SMILES string of the molecule is CCC(=O)N1CCC[C@H](C(=O)N(C)Cc2nc3ccccc3c(=O)[nH]2)C1. The predicted octanol–water partition coefficient (Wildman–Crippen LogP) is 1.53. The van der Waals surface area contributed by atoms with Crippen molar-refractivity contribution in [1.29, 1.82) is 0 Å². The zero-order chi connectivity index (χ0) is 18.7. The Hall–Kier alpha value is -2.70. The fraction of sp³-hybridized carbons (Fsp3) is 0.474. The van der Waals surface area contributed by atoms with Crippen LogP contribution in [0.5, 0.6) is 0 Å². The van der Waals surface area contributed by atoms with Crippen molar-refractivity contribution >= 4 is 22.7 Å². The van der Waals surface area contributed by atoms with Gasteiger partial charge in [0.25, 0.3) is 5.56 Å². The lowest BCUT2D eigenvalue weighted by Gasteiger charge is -2.33. The Morgan fingerprint density at radius 3 is 2.88 bits per heavy atom. The molecule has 1 aromatic carbocycles. The molecule has 2 aromatic rings. The first-order chi connectivity index (χ1) is 12.5. The quantitative estimate of drug-likeness (QED) is 0.900. The Morgan fingerprint density at radius 1 is 1.35 bits per heavy atom. The number of nitrogens with one attached hydrogen (secondary N) is 1. The topological polar surface area (TPSA) is 86.4 Å². The number of para-hydroxylation sites is 1. The van der Waals surface area contributed by atoms with Gasteiger partial charge < -0.3 is 14.8 Å². The minimum atomic E-state index is -0.205. The molecule has 3 rings (SSSR count). The van der Waals surface area contributed by atoms with Gasteiger partial charge in [-0.1, -0.05) is 19.1 Å². The number of amides is 2. The normalized spacial score (nSPS) is 17.3. The van der Waals surface area contributed by atoms with E-state index in [1.807, 2.05) is 13.0 Å². The highest BCUT2D eigenvalue weighted by atomic mass is 16.2. The van der Waals surface area contributed by atoms with Crippen LogP contribution < -0.4 is 5.56 Å². The summed E-state index contributed by atoms with van der Waals surface area (Å²) >= 11 is 0. The van der Waals surface area contributed by atoms with Crippen LogP contribution in [0, 0.1) is 5.92 Å². The number of piperidine rings is 1. The standard InChI is InChI=1S/C19H24N4O3/c1-3-17(24)23-10-6-7-13(11-23)19(26)22(2)12-16-20-15-9-5-4-8-14(15)18(25)21-16/h4-5,8-9,13H,3,6-7,10-12H2,1-2H3,(H,20,21,25)/t13-/m0/s1. The first-order valence-electron chi connectivity index (χ1n) is 9.00. The van der Waals surface area contributed by atoms with Crippen LogP contribution in [-0.2, 0) is 16.1 Å². The molecule has 1 aromatic heterocycles. The van der Waals surface area contributed by atoms with Crippen molar-refractivity contribution in [3.05, 3.63) is 40.4 Å². The third-order valence-electron chi connectivity index (χ3n) is 4.85. The maximum Gasteiger partial charge on any atom is 0.258 e. The minimum absolute atomic E-state index is 0.0191. The molecule has 0 spiro atoms. The van der Waals surface area contributed by atoms with Crippen LogP contribution in [-0.4, -0.2) is 51.7 Å². The van der Waals surface area contributed by atoms with Gasteiger partial charge in [0.15, 0.2) is 0 Å². The Bertz CT molecular complexity index is 876. The lowest BCUT2D eigenvalue weighted by Crippen LogP contribution is -2.45. The zero-order valence-electron chi connectivity index (χ0n) is 15.2. The second kappa shape index (κ2) is 7.68. The van der Waals surface area contributed by atoms with Gasteiger partial charge in [0.2, 0.25) is 11.8 Å². The molecule has 2 amide bonds. The van der Waals surface area contributed by atoms with E-state index >= 15 is 0 Å². The Labute approximate surface area is 152 Å². The van der Waals surface area contributed by atoms with E-state index in [1.165, 1.54) is 0 Å². The Balaban J connectivity index is 1.71. The summed E-state index contributed by atoms with van der Waals surface area (Å²) in [5.74, 6) is 0.332. The van der Waals surface area contributed by atoms with Gasteiger partial charge >= 0.3 is 0 Å². The Kier molecular flexibility index (Phi) is 5.35. The van der Waals surface area contributed by atoms with E-state index in [0.29, 0.717) is 29.7 Å². The third-order valence-corrected chi connectivity index (χ3v) is 4.85. The number of hydrogen-bond donors (Lipinski definition) is 1. The van der Waals surface area contributed by atoms with Crippen LogP contribution in [0.15, 0.2) is 29.1 Å². The average Bonchev–Trinajstić information content (AvgIpc) is 2.66. The second-order valence-corrected chi connectivity index (χ2v) is 6.76. The summed E-state index contributed by atoms with van der Waals surface area (Å²) in [6.45, 7) is 3.26. The number of hydrogen-bond acceptors (Lipinski definition) is 4. The van der Waals surface area contributed by atoms with Gasteiger partial charge in [-0.2, -0.15) is 0 Å². The summed E-state index contributed by atoms with van der Waals surface area (Å²) in [4.78, 5) is 47.4. The van der Waals surface area contributed by atoms with Crippen molar-refractivity contribution in [2.24, 2.45) is 5.92 Å². The average molecular weight is 356 g/mol. The first-order valence-corrected chi connectivity index (χ1v) is 9.00. The van der Waals surface area contributed by atoms with Crippen molar-refractivity contribution < 1.29 is 9.59 Å². The number of H-pyrrole nitrogens is 1. The molecule has 1 fully saturated rings. The van der Waals surface area contributed by atoms with E-state index in [9.17, 15) is 14.4 Å². The number of nitrogens with zero attached hydrogens (tertiary/aromatic N) is 3. The van der Waals surface area contributed by atoms with Crippen LogP contribution in [0.25, 0.3) is 10.9 Å². The van der Waals surface area contributed by atoms with Gasteiger partial charge in [-0.15, -0.1) is 0 Å². The van der Waals surface area contributed by atoms with Crippen LogP contribution >= 0.6 is 0 Å². The van der Waals surface area contributed by atoms with Gasteiger partial charge in [-0.25, -0.2) is 4.98 Å². The maximum atomic E-state index is 12.8. The molecule has 7 nitrogen and oxygen atoms in total. The largest absolute Gasteiger partial charge is 0.342 e. The minimum Gasteiger partial charge on any atom is -0.342 e. The lowest BCUT2D eigenvalue weighted by atomic mass is 9.96. The number of carbonyl (C=O) groups is 2. The number of aromatic nitrogens is 2. The highest BCUT2D eigenvalue weighted by molar-refractivity contribution is 5.81. The fourth-order valence-electron chi connectivity index (χ4n) is 3.45. The highest BCUT2D eigenvalue weighted by Crippen LogP contribution is 2.20. The monoisotopic (exact) mass is 356 g/mol. The molecule has 2 heterocycles. The third kappa shape index (κ3) is 3.76. The number of aromatic amines is 1. The number of rotatable bonds is 4. The van der Waals surface area contributed by atoms with Gasteiger partial charge in [-0.3, -0.25) is 14.4 Å². The van der Waals surface area contributed by atoms with Gasteiger partial charge in [0.1, 0.15) is 5.82 Å². The van der Waals surface area contributed by atoms with Crippen molar-refractivity contribution in [3.63, 3.8) is 0 Å². The second-order valence-electron chi connectivity index (χ2n) is 6.76. The molecule has 7 heteroatoms. The van der Waals surface area contributed by atoms with Crippen molar-refractivity contribution in [3.8, 4) is 0 Å². The van der Waals surface area contributed by atoms with E-state index in [2.05, 4.69) is 9.97 Å². The maximum absolute atomic E-state index is 12.8. The van der Waals surface area contributed by atoms with Crippen molar-refractivity contribution in [2.75, 3.05) is 20.1 Å². The van der Waals surface area contributed by atoms with E-state index in [0.717, 1.165) is 19.4 Å². The van der Waals surface area contributed by atoms with Crippen LogP contribution in [0.2, 0.25) is 0 Å². The molecule has 0 unspecified atom stereocenters. The molecule has 0 bridgehead atoms. The van der Waals surface area contributed by atoms with Gasteiger partial charge in [-0.05, 0) is 25.0 Å². The first kappa shape index (κ1) is 18.1. The van der Waals surface area contributed by atoms with Crippen molar-refractivity contribution in [2.45, 2.75) is 32.7 Å². The fourth-order valence-corrected chi connectivity index (χ4v) is 3.45. The molecular weight excluding hydrogens is 332 g/mol. The van der Waals surface area contributed by atoms with Gasteiger partial charge in [0.05, 0.1) is 23.4 Å². The molecule has 1 aliphatic heterocycles. The highest BCUT2D eigenvalue weighted by Gasteiger charge is 2.29. The number of fused-ring (bicyclic) bond motifs is 1. The number of carbonyl (C=O) groups excluding carboxylic acids is 2. The molecule has 1 atom stereocenters. The Morgan fingerprint density at radius 2 is 2.12 bits per heavy atom. The summed E-state index contributed by atoms with van der Waals surface area (Å²) in [5, 5.41) is 0.534. The molecular formula is C19H24N4O3. The molecule has 1 saturated heterocycles. The number of likely N-dealkylation sites (tertiary alicyclic amines) is 1. The van der Waals surface area contributed by atoms with E-state index in [4.69, 9.17) is 0 Å². The summed E-state index contributed by atoms with van der Waals surface area (Å²) in [6, 6.07) is 7.13. The molecule has 0 aliphatic carbocycles. The van der Waals surface area contributed by atoms with Gasteiger partial charge in [0, 0.05) is 26.6 Å². The summed E-state index contributed by atoms with van der Waals surface area (Å²) in [6.07, 6.45) is 2.07. The number of benzene rings is 1. The van der Waals surface area contributed by atoms with E-state index < -0.39 is 0 Å². The van der Waals surface area contributed by atoms with Crippen LogP contribution in [0.4, 0.5) is 0 Å². The smallest absolute Gasteiger partial charge is 0.258 e. The van der Waals surface area contributed by atoms with E-state index in [1.54, 1.807) is 35.0 Å². The molecule has 138 valence electrons. The molecule has 26 heavy (non-hydrogen) atoms.